The fourth-order valence-corrected chi connectivity index (χ4v) is 5.89. The van der Waals surface area contributed by atoms with Crippen LogP contribution >= 0.6 is 23.2 Å². The van der Waals surface area contributed by atoms with E-state index in [1.165, 1.54) is 22.2 Å². The summed E-state index contributed by atoms with van der Waals surface area (Å²) in [5.41, 5.74) is 5.66. The third-order valence-electron chi connectivity index (χ3n) is 5.72. The van der Waals surface area contributed by atoms with Gasteiger partial charge < -0.3 is 0 Å². The van der Waals surface area contributed by atoms with E-state index in [0.29, 0.717) is 38.2 Å². The minimum atomic E-state index is -3.80. The molecule has 0 fully saturated rings. The molecular weight excluding hydrogens is 521 g/mol. The molecule has 1 aromatic heterocycles. The van der Waals surface area contributed by atoms with E-state index in [2.05, 4.69) is 15.6 Å². The third-order valence-corrected chi connectivity index (χ3v) is 8.10. The number of fused-ring (bicyclic) bond motifs is 3. The van der Waals surface area contributed by atoms with E-state index < -0.39 is 15.9 Å². The Morgan fingerprint density at radius 1 is 1.06 bits per heavy atom. The molecule has 2 heterocycles. The Hall–Kier alpha value is -3.66. The second-order valence-electron chi connectivity index (χ2n) is 8.00. The van der Waals surface area contributed by atoms with Gasteiger partial charge >= 0.3 is 0 Å². The van der Waals surface area contributed by atoms with Crippen molar-refractivity contribution in [1.29, 1.82) is 0 Å². The number of nitrogens with one attached hydrogen (secondary N) is 1. The number of sulfonamides is 1. The van der Waals surface area contributed by atoms with Gasteiger partial charge in [0.05, 0.1) is 21.8 Å². The van der Waals surface area contributed by atoms with Crippen LogP contribution in [0.25, 0.3) is 22.5 Å². The molecule has 11 heteroatoms. The molecule has 0 radical (unpaired) electrons. The van der Waals surface area contributed by atoms with Gasteiger partial charge in [-0.3, -0.25) is 13.8 Å². The van der Waals surface area contributed by atoms with Gasteiger partial charge in [0.25, 0.3) is 15.9 Å². The number of rotatable bonds is 5. The van der Waals surface area contributed by atoms with Crippen LogP contribution in [0, 0.1) is 0 Å². The molecule has 0 aliphatic carbocycles. The Labute approximate surface area is 217 Å². The zero-order chi connectivity index (χ0) is 25.4. The van der Waals surface area contributed by atoms with Gasteiger partial charge in [-0.05, 0) is 18.2 Å². The number of carbonyl (C=O) groups is 1. The van der Waals surface area contributed by atoms with Gasteiger partial charge in [0.2, 0.25) is 0 Å². The van der Waals surface area contributed by atoms with Gasteiger partial charge in [0.15, 0.2) is 0 Å². The molecule has 3 aromatic carbocycles. The number of anilines is 1. The first-order chi connectivity index (χ1) is 17.3. The topological polar surface area (TPSA) is 96.7 Å². The molecule has 0 spiro atoms. The van der Waals surface area contributed by atoms with Crippen molar-refractivity contribution in [3.05, 3.63) is 88.4 Å². The highest BCUT2D eigenvalue weighted by Gasteiger charge is 2.38. The van der Waals surface area contributed by atoms with Crippen molar-refractivity contribution in [3.63, 3.8) is 0 Å². The lowest BCUT2D eigenvalue weighted by molar-refractivity contribution is -0.121. The van der Waals surface area contributed by atoms with Crippen LogP contribution in [0.5, 0.6) is 0 Å². The van der Waals surface area contributed by atoms with Crippen molar-refractivity contribution >= 4 is 51.0 Å². The predicted octanol–water partition coefficient (Wildman–Crippen LogP) is 4.81. The highest BCUT2D eigenvalue weighted by atomic mass is 35.5. The number of carbonyl (C=O) groups excluding carboxylic acids is 1. The molecule has 0 bridgehead atoms. The summed E-state index contributed by atoms with van der Waals surface area (Å²) in [6.45, 7) is -0.191. The van der Waals surface area contributed by atoms with E-state index in [1.54, 1.807) is 42.5 Å². The fraction of sp³-hybridized carbons (Fsp3) is 0.0800. The van der Waals surface area contributed by atoms with Gasteiger partial charge in [-0.25, -0.2) is 13.8 Å². The number of nitrogens with zero attached hydrogens (tertiary/aromatic N) is 4. The molecule has 0 atom stereocenters. The van der Waals surface area contributed by atoms with Crippen molar-refractivity contribution in [3.8, 4) is 22.5 Å². The van der Waals surface area contributed by atoms with E-state index in [0.717, 1.165) is 5.56 Å². The first kappa shape index (κ1) is 24.1. The van der Waals surface area contributed by atoms with Gasteiger partial charge in [-0.15, -0.1) is 0 Å². The van der Waals surface area contributed by atoms with Crippen molar-refractivity contribution in [2.24, 2.45) is 5.10 Å². The zero-order valence-electron chi connectivity index (χ0n) is 18.9. The largest absolute Gasteiger partial charge is 0.271 e. The average molecular weight is 540 g/mol. The van der Waals surface area contributed by atoms with Crippen LogP contribution in [0.2, 0.25) is 10.0 Å². The first-order valence-electron chi connectivity index (χ1n) is 10.8. The van der Waals surface area contributed by atoms with E-state index in [4.69, 9.17) is 23.2 Å². The molecule has 1 N–H and O–H groups in total. The van der Waals surface area contributed by atoms with Crippen LogP contribution in [0.1, 0.15) is 5.56 Å². The number of hydrogen-bond donors (Lipinski definition) is 1. The lowest BCUT2D eigenvalue weighted by Crippen LogP contribution is -2.31. The van der Waals surface area contributed by atoms with Crippen LogP contribution in [0.4, 0.5) is 5.69 Å². The summed E-state index contributed by atoms with van der Waals surface area (Å²) in [5.74, 6) is -0.449. The fourth-order valence-electron chi connectivity index (χ4n) is 4.03. The quantitative estimate of drug-likeness (QED) is 0.290. The van der Waals surface area contributed by atoms with E-state index >= 15 is 0 Å². The summed E-state index contributed by atoms with van der Waals surface area (Å²) in [4.78, 5) is 13.0. The SMILES string of the molecule is CN1c2c(-c3ccccc3)nn(CC(=O)N/N=C/c3ccc(Cl)cc3Cl)c2-c2ccccc2S1(=O)=O. The normalized spacial score (nSPS) is 13.9. The summed E-state index contributed by atoms with van der Waals surface area (Å²) in [5, 5.41) is 9.55. The van der Waals surface area contributed by atoms with Crippen LogP contribution in [-0.4, -0.2) is 37.4 Å². The molecule has 0 unspecified atom stereocenters. The second kappa shape index (κ2) is 9.42. The molecule has 0 saturated carbocycles. The van der Waals surface area contributed by atoms with E-state index in [9.17, 15) is 13.2 Å². The maximum atomic E-state index is 13.3. The molecule has 1 aliphatic heterocycles. The van der Waals surface area contributed by atoms with Crippen LogP contribution < -0.4 is 9.73 Å². The summed E-state index contributed by atoms with van der Waals surface area (Å²) in [7, 11) is -2.31. The Kier molecular flexibility index (Phi) is 6.29. The number of hydrazone groups is 1. The second-order valence-corrected chi connectivity index (χ2v) is 10.8. The molecular formula is C25H19Cl2N5O3S. The summed E-state index contributed by atoms with van der Waals surface area (Å²) in [6.07, 6.45) is 1.42. The zero-order valence-corrected chi connectivity index (χ0v) is 21.2. The monoisotopic (exact) mass is 539 g/mol. The van der Waals surface area contributed by atoms with Gasteiger partial charge in [-0.1, -0.05) is 77.8 Å². The maximum Gasteiger partial charge on any atom is 0.264 e. The first-order valence-corrected chi connectivity index (χ1v) is 13.0. The maximum absolute atomic E-state index is 13.3. The molecule has 4 aromatic rings. The lowest BCUT2D eigenvalue weighted by atomic mass is 10.1. The molecule has 1 aliphatic rings. The smallest absolute Gasteiger partial charge is 0.264 e. The van der Waals surface area contributed by atoms with Crippen LogP contribution in [-0.2, 0) is 21.4 Å². The summed E-state index contributed by atoms with van der Waals surface area (Å²) < 4.78 is 29.3. The molecule has 1 amide bonds. The third kappa shape index (κ3) is 4.26. The average Bonchev–Trinajstić information content (AvgIpc) is 3.23. The number of hydrogen-bond acceptors (Lipinski definition) is 5. The minimum Gasteiger partial charge on any atom is -0.271 e. The van der Waals surface area contributed by atoms with Crippen LogP contribution in [0.3, 0.4) is 0 Å². The number of aromatic nitrogens is 2. The Bertz CT molecular complexity index is 1620. The molecule has 182 valence electrons. The van der Waals surface area contributed by atoms with E-state index in [1.807, 2.05) is 30.3 Å². The molecule has 5 rings (SSSR count). The van der Waals surface area contributed by atoms with Crippen molar-refractivity contribution in [1.82, 2.24) is 15.2 Å². The molecule has 36 heavy (non-hydrogen) atoms. The lowest BCUT2D eigenvalue weighted by Gasteiger charge is -2.27. The highest BCUT2D eigenvalue weighted by molar-refractivity contribution is 7.93. The summed E-state index contributed by atoms with van der Waals surface area (Å²) in [6, 6.07) is 20.8. The van der Waals surface area contributed by atoms with Crippen LogP contribution in [0.15, 0.2) is 82.8 Å². The predicted molar refractivity (Wildman–Crippen MR) is 141 cm³/mol. The Balaban J connectivity index is 1.53. The molecule has 0 saturated heterocycles. The Morgan fingerprint density at radius 3 is 2.53 bits per heavy atom. The van der Waals surface area contributed by atoms with Crippen molar-refractivity contribution < 1.29 is 13.2 Å². The van der Waals surface area contributed by atoms with Gasteiger partial charge in [-0.2, -0.15) is 10.2 Å². The molecule has 8 nitrogen and oxygen atoms in total. The standard InChI is InChI=1S/C25H19Cl2N5O3S/c1-31-25-23(16-7-3-2-4-8-16)30-32(24(25)19-9-5-6-10-21(19)36(31,34)35)15-22(33)29-28-14-17-11-12-18(26)13-20(17)27/h2-14H,15H2,1H3,(H,29,33)/b28-14+. The Morgan fingerprint density at radius 2 is 1.78 bits per heavy atom. The summed E-state index contributed by atoms with van der Waals surface area (Å²) >= 11 is 12.1. The minimum absolute atomic E-state index is 0.150. The van der Waals surface area contributed by atoms with Crippen molar-refractivity contribution in [2.45, 2.75) is 11.4 Å². The van der Waals surface area contributed by atoms with Gasteiger partial charge in [0.1, 0.15) is 17.9 Å². The van der Waals surface area contributed by atoms with Gasteiger partial charge in [0, 0.05) is 28.8 Å². The highest BCUT2D eigenvalue weighted by Crippen LogP contribution is 2.47. The van der Waals surface area contributed by atoms with Crippen molar-refractivity contribution in [2.75, 3.05) is 11.4 Å². The number of benzene rings is 3. The van der Waals surface area contributed by atoms with E-state index in [-0.39, 0.29) is 11.4 Å². The number of halogens is 2. The number of amides is 1.